The minimum atomic E-state index is -5.35. The Morgan fingerprint density at radius 1 is 1.13 bits per heavy atom. The molecule has 4 aromatic rings. The zero-order valence-corrected chi connectivity index (χ0v) is 25.3. The number of nitrogens with zero attached hydrogens (tertiary/aromatic N) is 4. The van der Waals surface area contributed by atoms with Crippen molar-refractivity contribution in [2.24, 2.45) is 0 Å². The Labute approximate surface area is 262 Å². The minimum absolute atomic E-state index is 0.113. The van der Waals surface area contributed by atoms with Crippen LogP contribution in [0, 0.1) is 11.3 Å². The molecule has 0 saturated heterocycles. The molecule has 1 aliphatic rings. The Bertz CT molecular complexity index is 1860. The van der Waals surface area contributed by atoms with Crippen molar-refractivity contribution in [3.8, 4) is 17.5 Å². The molecule has 5 rings (SSSR count). The van der Waals surface area contributed by atoms with Gasteiger partial charge >= 0.3 is 12.1 Å². The first-order valence-electron chi connectivity index (χ1n) is 13.4. The summed E-state index contributed by atoms with van der Waals surface area (Å²) in [5.74, 6) is -4.14. The number of rotatable bonds is 7. The summed E-state index contributed by atoms with van der Waals surface area (Å²) in [6, 6.07) is 19.7. The molecule has 0 aliphatic carbocycles. The van der Waals surface area contributed by atoms with E-state index in [1.54, 1.807) is 59.3 Å². The number of aromatic nitrogens is 2. The zero-order chi connectivity index (χ0) is 32.5. The maximum Gasteiger partial charge on any atom is 0.491 e. The molecule has 0 bridgehead atoms. The normalized spacial score (nSPS) is 16.2. The predicted octanol–water partition coefficient (Wildman–Crippen LogP) is 4.11. The van der Waals surface area contributed by atoms with Crippen LogP contribution in [0.1, 0.15) is 18.2 Å². The van der Waals surface area contributed by atoms with Gasteiger partial charge < -0.3 is 19.7 Å². The molecule has 45 heavy (non-hydrogen) atoms. The van der Waals surface area contributed by atoms with Crippen LogP contribution in [0.2, 0.25) is 0 Å². The lowest BCUT2D eigenvalue weighted by atomic mass is 10.1. The van der Waals surface area contributed by atoms with E-state index in [2.05, 4.69) is 37.4 Å². The molecule has 11 nitrogen and oxygen atoms in total. The van der Waals surface area contributed by atoms with Gasteiger partial charge in [0.2, 0.25) is 5.72 Å². The molecule has 0 fully saturated rings. The van der Waals surface area contributed by atoms with E-state index in [9.17, 15) is 32.8 Å². The average molecular weight is 685 g/mol. The monoisotopic (exact) mass is 684 g/mol. The van der Waals surface area contributed by atoms with Crippen molar-refractivity contribution < 1.29 is 37.0 Å². The van der Waals surface area contributed by atoms with Gasteiger partial charge in [0.1, 0.15) is 24.5 Å². The number of carbonyl (C=O) groups is 3. The van der Waals surface area contributed by atoms with Gasteiger partial charge in [-0.25, -0.2) is 9.48 Å². The Morgan fingerprint density at radius 3 is 2.51 bits per heavy atom. The molecule has 3 aromatic carbocycles. The third kappa shape index (κ3) is 6.19. The number of nitriles is 1. The minimum Gasteiger partial charge on any atom is -0.489 e. The molecule has 2 amide bonds. The number of fused-ring (bicyclic) bond motifs is 2. The largest absolute Gasteiger partial charge is 0.491 e. The van der Waals surface area contributed by atoms with Gasteiger partial charge in [0.25, 0.3) is 11.8 Å². The SMILES string of the molecule is CNC(C)(OC(=O)C(F)(F)F)C(=O)N[C@H]1COc2ccccc2N(Cc2nn(-c3ccccc3C#N)c3cc(Br)ccc23)C1=O. The van der Waals surface area contributed by atoms with Crippen LogP contribution in [0.15, 0.2) is 71.2 Å². The summed E-state index contributed by atoms with van der Waals surface area (Å²) in [6.07, 6.45) is -5.35. The number of carbonyl (C=O) groups excluding carboxylic acids is 3. The van der Waals surface area contributed by atoms with Crippen LogP contribution in [-0.4, -0.2) is 59.2 Å². The molecule has 232 valence electrons. The number of anilines is 1. The average Bonchev–Trinajstić information content (AvgIpc) is 3.31. The van der Waals surface area contributed by atoms with Gasteiger partial charge in [-0.1, -0.05) is 40.2 Å². The number of para-hydroxylation sites is 3. The van der Waals surface area contributed by atoms with Gasteiger partial charge in [-0.3, -0.25) is 14.9 Å². The molecule has 1 unspecified atom stereocenters. The van der Waals surface area contributed by atoms with Crippen LogP contribution in [0.3, 0.4) is 0 Å². The van der Waals surface area contributed by atoms with Gasteiger partial charge in [-0.15, -0.1) is 0 Å². The van der Waals surface area contributed by atoms with E-state index < -0.39 is 35.7 Å². The number of nitrogens with one attached hydrogen (secondary N) is 2. The maximum absolute atomic E-state index is 14.1. The van der Waals surface area contributed by atoms with E-state index in [1.165, 1.54) is 4.90 Å². The van der Waals surface area contributed by atoms with Gasteiger partial charge in [0.15, 0.2) is 0 Å². The molecule has 1 aromatic heterocycles. The smallest absolute Gasteiger partial charge is 0.489 e. The first-order chi connectivity index (χ1) is 21.4. The van der Waals surface area contributed by atoms with Crippen LogP contribution >= 0.6 is 15.9 Å². The van der Waals surface area contributed by atoms with E-state index in [4.69, 9.17) is 9.84 Å². The highest BCUT2D eigenvalue weighted by molar-refractivity contribution is 9.10. The number of hydrogen-bond acceptors (Lipinski definition) is 8. The molecular weight excluding hydrogens is 661 g/mol. The summed E-state index contributed by atoms with van der Waals surface area (Å²) in [5.41, 5.74) is -0.122. The molecular formula is C30H24BrF3N6O5. The van der Waals surface area contributed by atoms with E-state index in [0.29, 0.717) is 39.3 Å². The maximum atomic E-state index is 14.1. The quantitative estimate of drug-likeness (QED) is 0.219. The van der Waals surface area contributed by atoms with Gasteiger partial charge in [0.05, 0.1) is 34.7 Å². The van der Waals surface area contributed by atoms with Crippen molar-refractivity contribution >= 4 is 50.3 Å². The fraction of sp³-hybridized carbons (Fsp3) is 0.233. The number of hydrogen-bond donors (Lipinski definition) is 2. The third-order valence-corrected chi connectivity index (χ3v) is 7.64. The summed E-state index contributed by atoms with van der Waals surface area (Å²) >= 11 is 3.48. The molecule has 15 heteroatoms. The fourth-order valence-corrected chi connectivity index (χ4v) is 5.07. The van der Waals surface area contributed by atoms with Crippen molar-refractivity contribution in [2.75, 3.05) is 18.6 Å². The van der Waals surface area contributed by atoms with E-state index in [0.717, 1.165) is 18.4 Å². The van der Waals surface area contributed by atoms with Crippen LogP contribution in [0.5, 0.6) is 5.75 Å². The fourth-order valence-electron chi connectivity index (χ4n) is 4.73. The van der Waals surface area contributed by atoms with E-state index in [1.807, 2.05) is 12.1 Å². The van der Waals surface area contributed by atoms with Crippen LogP contribution in [-0.2, 0) is 25.7 Å². The van der Waals surface area contributed by atoms with Crippen molar-refractivity contribution in [3.05, 3.63) is 82.5 Å². The number of amides is 2. The second-order valence-corrected chi connectivity index (χ2v) is 11.0. The summed E-state index contributed by atoms with van der Waals surface area (Å²) < 4.78 is 51.4. The predicted molar refractivity (Wildman–Crippen MR) is 158 cm³/mol. The summed E-state index contributed by atoms with van der Waals surface area (Å²) in [6.45, 7) is 0.442. The number of ether oxygens (including phenoxy) is 2. The Kier molecular flexibility index (Phi) is 8.55. The Balaban J connectivity index is 1.53. The topological polar surface area (TPSA) is 139 Å². The highest BCUT2D eigenvalue weighted by atomic mass is 79.9. The van der Waals surface area contributed by atoms with E-state index >= 15 is 0 Å². The molecule has 2 N–H and O–H groups in total. The van der Waals surface area contributed by atoms with Crippen molar-refractivity contribution in [1.82, 2.24) is 20.4 Å². The lowest BCUT2D eigenvalue weighted by molar-refractivity contribution is -0.215. The van der Waals surface area contributed by atoms with Crippen LogP contribution in [0.4, 0.5) is 18.9 Å². The number of likely N-dealkylation sites (N-methyl/N-ethyl adjacent to an activating group) is 1. The second-order valence-electron chi connectivity index (χ2n) is 10.0. The molecule has 1 aliphatic heterocycles. The molecule has 2 atom stereocenters. The highest BCUT2D eigenvalue weighted by Crippen LogP contribution is 2.34. The van der Waals surface area contributed by atoms with E-state index in [-0.39, 0.29) is 13.2 Å². The lowest BCUT2D eigenvalue weighted by Gasteiger charge is -2.30. The van der Waals surface area contributed by atoms with Gasteiger partial charge in [0, 0.05) is 9.86 Å². The molecule has 2 heterocycles. The van der Waals surface area contributed by atoms with Crippen molar-refractivity contribution in [3.63, 3.8) is 0 Å². The Morgan fingerprint density at radius 2 is 1.82 bits per heavy atom. The first kappa shape index (κ1) is 31.5. The standard InChI is InChI=1S/C30H24BrF3N6O5/c1-29(36-2,45-28(43)30(32,33)34)27(42)37-21-16-44-25-10-6-5-9-23(25)39(26(21)41)15-20-19-12-11-18(31)13-24(19)40(38-20)22-8-4-3-7-17(22)14-35/h3-13,21,36H,15-16H2,1-2H3,(H,37,42)/t21-,29?/m0/s1. The third-order valence-electron chi connectivity index (χ3n) is 7.15. The highest BCUT2D eigenvalue weighted by Gasteiger charge is 2.48. The van der Waals surface area contributed by atoms with Crippen molar-refractivity contribution in [1.29, 1.82) is 5.26 Å². The lowest BCUT2D eigenvalue weighted by Crippen LogP contribution is -2.62. The molecule has 0 saturated carbocycles. The first-order valence-corrected chi connectivity index (χ1v) is 14.2. The second kappa shape index (κ2) is 12.2. The van der Waals surface area contributed by atoms with Crippen molar-refractivity contribution in [2.45, 2.75) is 31.4 Å². The summed E-state index contributed by atoms with van der Waals surface area (Å²) in [4.78, 5) is 40.1. The number of halogens is 4. The Hall–Kier alpha value is -4.94. The summed E-state index contributed by atoms with van der Waals surface area (Å²) in [7, 11) is 1.13. The molecule has 0 spiro atoms. The van der Waals surface area contributed by atoms with Gasteiger partial charge in [-0.05, 0) is 56.4 Å². The zero-order valence-electron chi connectivity index (χ0n) is 23.7. The number of benzene rings is 3. The molecule has 0 radical (unpaired) electrons. The summed E-state index contributed by atoms with van der Waals surface area (Å²) in [5, 5.41) is 19.8. The number of esters is 1. The van der Waals surface area contributed by atoms with Gasteiger partial charge in [-0.2, -0.15) is 23.5 Å². The van der Waals surface area contributed by atoms with Crippen LogP contribution in [0.25, 0.3) is 16.6 Å². The number of alkyl halides is 3. The van der Waals surface area contributed by atoms with Crippen LogP contribution < -0.4 is 20.3 Å².